The summed E-state index contributed by atoms with van der Waals surface area (Å²) in [5.41, 5.74) is 1.78. The third kappa shape index (κ3) is 2.95. The molecule has 0 radical (unpaired) electrons. The van der Waals surface area contributed by atoms with Crippen molar-refractivity contribution in [2.24, 2.45) is 10.2 Å². The van der Waals surface area contributed by atoms with E-state index in [1.54, 1.807) is 6.07 Å². The van der Waals surface area contributed by atoms with Crippen LogP contribution in [0.4, 0.5) is 5.69 Å². The Balaban J connectivity index is 2.86. The lowest BCUT2D eigenvalue weighted by Crippen LogP contribution is -1.77. The van der Waals surface area contributed by atoms with E-state index in [0.717, 1.165) is 11.3 Å². The third-order valence-electron chi connectivity index (χ3n) is 1.52. The van der Waals surface area contributed by atoms with E-state index in [9.17, 15) is 0 Å². The fourth-order valence-corrected chi connectivity index (χ4v) is 1.01. The molecule has 0 aliphatic heterocycles. The molecule has 13 heavy (non-hydrogen) atoms. The molecule has 0 aliphatic carbocycles. The number of rotatable bonds is 3. The van der Waals surface area contributed by atoms with Crippen molar-refractivity contribution in [1.82, 2.24) is 0 Å². The quantitative estimate of drug-likeness (QED) is 0.568. The van der Waals surface area contributed by atoms with Gasteiger partial charge in [0.1, 0.15) is 0 Å². The van der Waals surface area contributed by atoms with Crippen molar-refractivity contribution in [3.8, 4) is 0 Å². The Labute approximate surface area is 82.0 Å². The molecule has 0 spiro atoms. The maximum absolute atomic E-state index is 6.76. The van der Waals surface area contributed by atoms with Crippen LogP contribution in [0, 0.1) is 12.3 Å². The summed E-state index contributed by atoms with van der Waals surface area (Å²) in [5, 5.41) is 15.1. The first-order valence-electron chi connectivity index (χ1n) is 3.86. The summed E-state index contributed by atoms with van der Waals surface area (Å²) < 4.78 is 0. The largest absolute Gasteiger partial charge is 0.311 e. The van der Waals surface area contributed by atoms with Crippen LogP contribution in [0.5, 0.6) is 0 Å². The lowest BCUT2D eigenvalue weighted by molar-refractivity contribution is 1.10. The number of benzene rings is 1. The highest BCUT2D eigenvalue weighted by molar-refractivity contribution is 6.30. The van der Waals surface area contributed by atoms with Gasteiger partial charge in [-0.15, -0.1) is 0 Å². The number of hydrogen-bond acceptors (Lipinski definition) is 3. The molecule has 1 aromatic rings. The van der Waals surface area contributed by atoms with Crippen LogP contribution in [0.15, 0.2) is 28.4 Å². The molecule has 0 fully saturated rings. The van der Waals surface area contributed by atoms with Crippen LogP contribution in [0.2, 0.25) is 5.02 Å². The molecule has 1 rings (SSSR count). The van der Waals surface area contributed by atoms with Crippen molar-refractivity contribution in [3.05, 3.63) is 28.8 Å². The minimum absolute atomic E-state index is 0.311. The Hall–Kier alpha value is -1.22. The SMILES string of the molecule is Cc1ccc(Cl)cc1N=NCC=N. The summed E-state index contributed by atoms with van der Waals surface area (Å²) in [6, 6.07) is 5.46. The Morgan fingerprint density at radius 1 is 1.54 bits per heavy atom. The molecule has 0 saturated heterocycles. The van der Waals surface area contributed by atoms with E-state index in [0.29, 0.717) is 11.6 Å². The van der Waals surface area contributed by atoms with Crippen LogP contribution < -0.4 is 0 Å². The van der Waals surface area contributed by atoms with E-state index in [2.05, 4.69) is 10.2 Å². The molecule has 0 amide bonds. The molecule has 0 atom stereocenters. The number of nitrogens with one attached hydrogen (secondary N) is 1. The smallest absolute Gasteiger partial charge is 0.0948 e. The summed E-state index contributed by atoms with van der Waals surface area (Å²) >= 11 is 5.78. The molecule has 1 N–H and O–H groups in total. The van der Waals surface area contributed by atoms with Crippen LogP contribution in [0.25, 0.3) is 0 Å². The van der Waals surface area contributed by atoms with Crippen LogP contribution in [0.1, 0.15) is 5.56 Å². The van der Waals surface area contributed by atoms with E-state index in [1.165, 1.54) is 6.21 Å². The zero-order chi connectivity index (χ0) is 9.68. The molecule has 0 unspecified atom stereocenters. The van der Waals surface area contributed by atoms with E-state index in [4.69, 9.17) is 17.0 Å². The van der Waals surface area contributed by atoms with Gasteiger partial charge >= 0.3 is 0 Å². The van der Waals surface area contributed by atoms with Crippen molar-refractivity contribution in [2.75, 3.05) is 6.54 Å². The third-order valence-corrected chi connectivity index (χ3v) is 1.76. The van der Waals surface area contributed by atoms with E-state index < -0.39 is 0 Å². The Morgan fingerprint density at radius 3 is 3.00 bits per heavy atom. The molecule has 68 valence electrons. The fourth-order valence-electron chi connectivity index (χ4n) is 0.848. The van der Waals surface area contributed by atoms with Crippen LogP contribution in [0.3, 0.4) is 0 Å². The molecular formula is C9H10ClN3. The predicted molar refractivity (Wildman–Crippen MR) is 54.4 cm³/mol. The average molecular weight is 196 g/mol. The number of aryl methyl sites for hydroxylation is 1. The molecule has 4 heteroatoms. The molecule has 3 nitrogen and oxygen atoms in total. The summed E-state index contributed by atoms with van der Waals surface area (Å²) in [7, 11) is 0. The van der Waals surface area contributed by atoms with Crippen molar-refractivity contribution < 1.29 is 0 Å². The van der Waals surface area contributed by atoms with Gasteiger partial charge in [0.25, 0.3) is 0 Å². The van der Waals surface area contributed by atoms with Gasteiger partial charge in [0.15, 0.2) is 0 Å². The van der Waals surface area contributed by atoms with Gasteiger partial charge < -0.3 is 5.41 Å². The maximum Gasteiger partial charge on any atom is 0.0948 e. The molecule has 0 saturated carbocycles. The van der Waals surface area contributed by atoms with Gasteiger partial charge in [-0.05, 0) is 24.6 Å². The normalized spacial score (nSPS) is 10.6. The Morgan fingerprint density at radius 2 is 2.31 bits per heavy atom. The van der Waals surface area contributed by atoms with E-state index in [1.807, 2.05) is 19.1 Å². The summed E-state index contributed by atoms with van der Waals surface area (Å²) in [4.78, 5) is 0. The van der Waals surface area contributed by atoms with Crippen molar-refractivity contribution in [1.29, 1.82) is 5.41 Å². The zero-order valence-electron chi connectivity index (χ0n) is 7.29. The molecule has 1 aromatic carbocycles. The lowest BCUT2D eigenvalue weighted by atomic mass is 10.2. The zero-order valence-corrected chi connectivity index (χ0v) is 8.04. The van der Waals surface area contributed by atoms with Gasteiger partial charge in [-0.2, -0.15) is 10.2 Å². The monoisotopic (exact) mass is 195 g/mol. The van der Waals surface area contributed by atoms with Crippen LogP contribution >= 0.6 is 11.6 Å². The highest BCUT2D eigenvalue weighted by atomic mass is 35.5. The van der Waals surface area contributed by atoms with E-state index in [-0.39, 0.29) is 0 Å². The second-order valence-electron chi connectivity index (χ2n) is 2.56. The summed E-state index contributed by atoms with van der Waals surface area (Å²) in [5.74, 6) is 0. The first-order valence-corrected chi connectivity index (χ1v) is 4.24. The number of azo groups is 1. The molecule has 0 aliphatic rings. The van der Waals surface area contributed by atoms with Crippen molar-refractivity contribution in [3.63, 3.8) is 0 Å². The number of halogens is 1. The summed E-state index contributed by atoms with van der Waals surface area (Å²) in [6.45, 7) is 2.25. The fraction of sp³-hybridized carbons (Fsp3) is 0.222. The van der Waals surface area contributed by atoms with Crippen LogP contribution in [-0.2, 0) is 0 Å². The lowest BCUT2D eigenvalue weighted by Gasteiger charge is -1.97. The second-order valence-corrected chi connectivity index (χ2v) is 3.00. The standard InChI is InChI=1S/C9H10ClN3/c1-7-2-3-8(10)6-9(7)13-12-5-4-11/h2-4,6,11H,5H2,1H3. The maximum atomic E-state index is 6.76. The molecular weight excluding hydrogens is 186 g/mol. The van der Waals surface area contributed by atoms with Gasteiger partial charge in [-0.25, -0.2) is 0 Å². The number of hydrogen-bond donors (Lipinski definition) is 1. The predicted octanol–water partition coefficient (Wildman–Crippen LogP) is 3.38. The minimum Gasteiger partial charge on any atom is -0.311 e. The molecule has 0 aromatic heterocycles. The highest BCUT2D eigenvalue weighted by Crippen LogP contribution is 2.22. The topological polar surface area (TPSA) is 48.6 Å². The Kier molecular flexibility index (Phi) is 3.58. The van der Waals surface area contributed by atoms with Gasteiger partial charge in [0.05, 0.1) is 12.2 Å². The van der Waals surface area contributed by atoms with Gasteiger partial charge in [0.2, 0.25) is 0 Å². The first-order chi connectivity index (χ1) is 6.24. The summed E-state index contributed by atoms with van der Waals surface area (Å²) in [6.07, 6.45) is 1.20. The highest BCUT2D eigenvalue weighted by Gasteiger charge is 1.96. The minimum atomic E-state index is 0.311. The van der Waals surface area contributed by atoms with Gasteiger partial charge in [-0.1, -0.05) is 17.7 Å². The Bertz CT molecular complexity index is 334. The van der Waals surface area contributed by atoms with Gasteiger partial charge in [-0.3, -0.25) is 0 Å². The second kappa shape index (κ2) is 4.72. The molecule has 0 bridgehead atoms. The van der Waals surface area contributed by atoms with E-state index >= 15 is 0 Å². The molecule has 0 heterocycles. The first kappa shape index (κ1) is 9.86. The van der Waals surface area contributed by atoms with Crippen molar-refractivity contribution in [2.45, 2.75) is 6.92 Å². The average Bonchev–Trinajstić information content (AvgIpc) is 2.11. The van der Waals surface area contributed by atoms with Crippen LogP contribution in [-0.4, -0.2) is 12.8 Å². The number of nitrogens with zero attached hydrogens (tertiary/aromatic N) is 2. The van der Waals surface area contributed by atoms with Crippen molar-refractivity contribution >= 4 is 23.5 Å². The van der Waals surface area contributed by atoms with Gasteiger partial charge in [0, 0.05) is 11.2 Å².